The second kappa shape index (κ2) is 42.0. The van der Waals surface area contributed by atoms with Crippen LogP contribution in [0.15, 0.2) is 316 Å². The van der Waals surface area contributed by atoms with Gasteiger partial charge in [-0.15, -0.1) is 179 Å². The Morgan fingerprint density at radius 1 is 0.404 bits per heavy atom. The first-order valence-electron chi connectivity index (χ1n) is 36.7. The van der Waals surface area contributed by atoms with Crippen molar-refractivity contribution in [3.63, 3.8) is 0 Å². The average Bonchev–Trinajstić information content (AvgIpc) is 0.783. The number of hydrogen-bond acceptors (Lipinski definition) is 10. The third-order valence-corrected chi connectivity index (χ3v) is 17.8. The van der Waals surface area contributed by atoms with Gasteiger partial charge in [-0.25, -0.2) is 0 Å². The maximum absolute atomic E-state index is 12.8. The van der Waals surface area contributed by atoms with Crippen molar-refractivity contribution in [2.75, 3.05) is 0 Å². The van der Waals surface area contributed by atoms with Crippen LogP contribution in [0, 0.1) is 49.1 Å². The van der Waals surface area contributed by atoms with Crippen LogP contribution in [0.3, 0.4) is 0 Å². The van der Waals surface area contributed by atoms with Gasteiger partial charge in [0.15, 0.2) is 5.78 Å². The molecule has 5 heterocycles. The van der Waals surface area contributed by atoms with E-state index in [4.69, 9.17) is 9.97 Å². The van der Waals surface area contributed by atoms with Gasteiger partial charge in [-0.2, -0.15) is 13.2 Å². The smallest absolute Gasteiger partial charge is 0.416 e. The summed E-state index contributed by atoms with van der Waals surface area (Å²) in [7, 11) is 0. The summed E-state index contributed by atoms with van der Waals surface area (Å²) in [5.41, 5.74) is 13.6. The van der Waals surface area contributed by atoms with E-state index in [2.05, 4.69) is 160 Å². The van der Waals surface area contributed by atoms with Gasteiger partial charge in [0.25, 0.3) is 0 Å². The van der Waals surface area contributed by atoms with Gasteiger partial charge >= 0.3 is 6.18 Å². The fourth-order valence-electron chi connectivity index (χ4n) is 12.5. The minimum absolute atomic E-state index is 0. The molecule has 577 valence electrons. The third kappa shape index (κ3) is 23.4. The summed E-state index contributed by atoms with van der Waals surface area (Å²) in [5, 5.41) is 18.2. The van der Waals surface area contributed by atoms with Gasteiger partial charge in [0, 0.05) is 137 Å². The first-order valence-corrected chi connectivity index (χ1v) is 36.7. The Bertz CT molecular complexity index is 5890. The van der Waals surface area contributed by atoms with Gasteiger partial charge in [-0.1, -0.05) is 168 Å². The number of rotatable bonds is 12. The number of fused-ring (bicyclic) bond motifs is 9. The topological polar surface area (TPSA) is 140 Å². The molecule has 0 aliphatic rings. The number of nitrogens with zero attached hydrogens (tertiary/aromatic N) is 8. The summed E-state index contributed by atoms with van der Waals surface area (Å²) >= 11 is 0. The number of carbonyl (C=O) groups is 1. The van der Waals surface area contributed by atoms with Crippen LogP contribution in [-0.2, 0) is 71.3 Å². The van der Waals surface area contributed by atoms with Gasteiger partial charge in [0.05, 0.1) is 45.3 Å². The molecule has 0 fully saturated rings. The van der Waals surface area contributed by atoms with E-state index in [9.17, 15) is 23.1 Å². The second-order valence-corrected chi connectivity index (χ2v) is 27.5. The summed E-state index contributed by atoms with van der Waals surface area (Å²) in [6.45, 7) is 14.6. The molecule has 0 aliphatic carbocycles. The van der Waals surface area contributed by atoms with Gasteiger partial charge in [-0.05, 0) is 105 Å². The molecule has 12 aromatic carbocycles. The number of ketones is 1. The summed E-state index contributed by atoms with van der Waals surface area (Å²) in [6, 6.07) is 103. The maximum Gasteiger partial charge on any atom is 0.416 e. The van der Waals surface area contributed by atoms with Gasteiger partial charge in [0.1, 0.15) is 0 Å². The molecule has 10 nitrogen and oxygen atoms in total. The SMILES string of the molecule is CC(C)CC(=O)C=C(O)CC(C)C.CC(C)c1cccc2c1ccc1cnc(-c3[c-]cccc3)nc12.Cc1ccc2c(ccc3cnc(-c4[c-]cccc4)nc32)c1.FC(F)(F)c1ccc2c(ccc3nc(-c4[c-]cccc4)ncc32)c1.[Ir].[Ir].[Ir].[c-]1ccccc1-c1cc(-c2ccccc2)ccn1.[c-]1ccccc1-c1ccccn1. The number of pyridine rings is 2. The number of alkyl halides is 3. The Labute approximate surface area is 704 Å². The maximum atomic E-state index is 12.8. The molecule has 0 saturated carbocycles. The van der Waals surface area contributed by atoms with Crippen LogP contribution in [0.1, 0.15) is 77.0 Å². The van der Waals surface area contributed by atoms with Crippen LogP contribution in [0.25, 0.3) is 133 Å². The molecule has 114 heavy (non-hydrogen) atoms. The Hall–Kier alpha value is -11.3. The van der Waals surface area contributed by atoms with Crippen molar-refractivity contribution in [1.29, 1.82) is 0 Å². The first kappa shape index (κ1) is 86.7. The molecule has 0 atom stereocenters. The minimum Gasteiger partial charge on any atom is -0.512 e. The molecule has 16 heteroatoms. The fraction of sp³-hybridized carbons (Fsp3) is 0.133. The molecule has 0 saturated heterocycles. The third-order valence-electron chi connectivity index (χ3n) is 17.8. The van der Waals surface area contributed by atoms with Crippen molar-refractivity contribution in [1.82, 2.24) is 39.9 Å². The largest absolute Gasteiger partial charge is 0.512 e. The molecule has 5 aromatic heterocycles. The predicted octanol–water partition coefficient (Wildman–Crippen LogP) is 25.0. The monoisotopic (exact) mass is 2040 g/mol. The Balaban J connectivity index is 0.000000158. The molecule has 0 amide bonds. The van der Waals surface area contributed by atoms with Crippen molar-refractivity contribution in [3.05, 3.63) is 363 Å². The average molecular weight is 2040 g/mol. The first-order chi connectivity index (χ1) is 53.9. The second-order valence-electron chi connectivity index (χ2n) is 27.5. The number of carbonyl (C=O) groups excluding carboxylic acids is 1. The number of hydrogen-bond donors (Lipinski definition) is 1. The minimum atomic E-state index is -4.35. The fourth-order valence-corrected chi connectivity index (χ4v) is 12.5. The molecular weight excluding hydrogens is 1950 g/mol. The molecule has 17 rings (SSSR count). The van der Waals surface area contributed by atoms with Crippen LogP contribution < -0.4 is 0 Å². The number of aromatic nitrogens is 8. The van der Waals surface area contributed by atoms with E-state index >= 15 is 0 Å². The van der Waals surface area contributed by atoms with E-state index in [-0.39, 0.29) is 71.9 Å². The summed E-state index contributed by atoms with van der Waals surface area (Å²) < 4.78 is 38.5. The van der Waals surface area contributed by atoms with Crippen LogP contribution in [-0.4, -0.2) is 50.8 Å². The van der Waals surface area contributed by atoms with Crippen LogP contribution in [0.5, 0.6) is 0 Å². The van der Waals surface area contributed by atoms with E-state index in [1.54, 1.807) is 30.6 Å². The molecule has 0 bridgehead atoms. The number of benzene rings is 12. The number of aliphatic hydroxyl groups is 1. The van der Waals surface area contributed by atoms with Crippen molar-refractivity contribution in [3.8, 4) is 67.8 Å². The zero-order valence-electron chi connectivity index (χ0n) is 63.7. The molecule has 0 aliphatic heterocycles. The van der Waals surface area contributed by atoms with Crippen LogP contribution in [0.4, 0.5) is 13.2 Å². The Morgan fingerprint density at radius 2 is 0.895 bits per heavy atom. The number of halogens is 3. The molecule has 0 spiro atoms. The number of aryl methyl sites for hydroxylation is 1. The van der Waals surface area contributed by atoms with E-state index in [0.717, 1.165) is 95.6 Å². The summed E-state index contributed by atoms with van der Waals surface area (Å²) in [4.78, 5) is 47.2. The van der Waals surface area contributed by atoms with Gasteiger partial charge < -0.3 is 15.1 Å². The van der Waals surface area contributed by atoms with Crippen molar-refractivity contribution in [2.24, 2.45) is 11.8 Å². The van der Waals surface area contributed by atoms with Crippen LogP contribution >= 0.6 is 0 Å². The number of allylic oxidation sites excluding steroid dienone is 2. The predicted molar refractivity (Wildman–Crippen MR) is 445 cm³/mol. The van der Waals surface area contributed by atoms with Gasteiger partial charge in [-0.3, -0.25) is 34.7 Å². The molecule has 17 aromatic rings. The number of aliphatic hydroxyl groups excluding tert-OH is 1. The van der Waals surface area contributed by atoms with Crippen molar-refractivity contribution >= 4 is 70.8 Å². The molecule has 0 unspecified atom stereocenters. The zero-order valence-corrected chi connectivity index (χ0v) is 70.8. The van der Waals surface area contributed by atoms with Crippen molar-refractivity contribution in [2.45, 2.75) is 73.4 Å². The summed E-state index contributed by atoms with van der Waals surface area (Å²) in [5.74, 6) is 3.44. The standard InChI is InChI=1S/C21H17N2.C19H10F3N2.C19H13N2.C17H12N.C11H8N.C11H20O2.3Ir/c1-14(2)17-9-6-10-19-18(17)12-11-16-13-22-21(23-20(16)19)15-7-4-3-5-8-15;20-19(21,22)14-7-8-15-13(10-14)6-9-17-16(15)11-23-18(24-17)12-4-2-1-3-5-12;1-13-7-10-17-15(11-13)8-9-16-12-20-19(21-18(16)17)14-5-3-2-4-6-14;1-3-7-14(8-4-1)16-11-12-18-17(13-16)15-9-5-2-6-10-15;1-2-6-10(7-3-1)11-8-4-5-9-12-11;1-8(2)5-10(12)7-11(13)6-9(3)4;;;/h3-7,9-14H,1-2H3;1-4,6-11H;2-5,7-12H,1H3;1-9,11-13H;1-6,8-9H;7-9,12H,5-6H2,1-4H3;;;/q5*-1;;;;. The Kier molecular flexibility index (Phi) is 31.9. The van der Waals surface area contributed by atoms with E-state index in [0.29, 0.717) is 52.7 Å². The zero-order chi connectivity index (χ0) is 77.6. The Morgan fingerprint density at radius 3 is 1.45 bits per heavy atom. The van der Waals surface area contributed by atoms with E-state index in [1.165, 1.54) is 50.6 Å². The van der Waals surface area contributed by atoms with Crippen LogP contribution in [0.2, 0.25) is 0 Å². The van der Waals surface area contributed by atoms with Gasteiger partial charge in [0.2, 0.25) is 0 Å². The van der Waals surface area contributed by atoms with E-state index in [1.807, 2.05) is 204 Å². The normalized spacial score (nSPS) is 10.9. The molecule has 3 radical (unpaired) electrons. The molecular formula is C98H80F3Ir3N8O2-5. The van der Waals surface area contributed by atoms with E-state index < -0.39 is 11.7 Å². The quantitative estimate of drug-likeness (QED) is 0.0544. The molecule has 1 N–H and O–H groups in total. The summed E-state index contributed by atoms with van der Waals surface area (Å²) in [6.07, 6.45) is 7.18. The van der Waals surface area contributed by atoms with Crippen molar-refractivity contribution < 1.29 is 83.4 Å².